The van der Waals surface area contributed by atoms with Crippen LogP contribution in [0.3, 0.4) is 0 Å². The molecule has 1 fully saturated rings. The van der Waals surface area contributed by atoms with E-state index < -0.39 is 0 Å². The summed E-state index contributed by atoms with van der Waals surface area (Å²) in [6.07, 6.45) is 5.01. The van der Waals surface area contributed by atoms with Crippen LogP contribution in [0.2, 0.25) is 0 Å². The van der Waals surface area contributed by atoms with Crippen molar-refractivity contribution in [2.45, 2.75) is 23.7 Å². The van der Waals surface area contributed by atoms with Gasteiger partial charge in [0.2, 0.25) is 0 Å². The number of thioether (sulfide) groups is 2. The average Bonchev–Trinajstić information content (AvgIpc) is 2.95. The first-order chi connectivity index (χ1) is 11.7. The number of aryl methyl sites for hydroxylation is 1. The van der Waals surface area contributed by atoms with Crippen LogP contribution in [-0.2, 0) is 11.2 Å². The molecule has 0 unspecified atom stereocenters. The fraction of sp³-hybridized carbons (Fsp3) is 0.211. The molecule has 1 aliphatic rings. The third-order valence-corrected chi connectivity index (χ3v) is 5.58. The van der Waals surface area contributed by atoms with Crippen LogP contribution in [0, 0.1) is 0 Å². The molecule has 0 aromatic heterocycles. The van der Waals surface area contributed by atoms with Gasteiger partial charge in [-0.15, -0.1) is 11.8 Å². The van der Waals surface area contributed by atoms with E-state index in [2.05, 4.69) is 48.1 Å². The SMILES string of the molecule is CCc1ccc(N[C@@H]2NC(=O)/C(=C/c3ccc(SC)cc3)S2)cc1. The topological polar surface area (TPSA) is 41.1 Å². The van der Waals surface area contributed by atoms with E-state index in [1.165, 1.54) is 22.2 Å². The number of hydrogen-bond acceptors (Lipinski definition) is 4. The van der Waals surface area contributed by atoms with Gasteiger partial charge in [-0.25, -0.2) is 0 Å². The predicted octanol–water partition coefficient (Wildman–Crippen LogP) is 4.57. The smallest absolute Gasteiger partial charge is 0.260 e. The number of amides is 1. The van der Waals surface area contributed by atoms with Crippen LogP contribution in [0.15, 0.2) is 58.3 Å². The van der Waals surface area contributed by atoms with Gasteiger partial charge in [0.05, 0.1) is 4.91 Å². The highest BCUT2D eigenvalue weighted by molar-refractivity contribution is 8.05. The first-order valence-electron chi connectivity index (χ1n) is 7.86. The summed E-state index contributed by atoms with van der Waals surface area (Å²) in [6, 6.07) is 16.5. The molecule has 2 aromatic rings. The summed E-state index contributed by atoms with van der Waals surface area (Å²) in [7, 11) is 0. The molecule has 0 saturated carbocycles. The Morgan fingerprint density at radius 2 is 1.88 bits per heavy atom. The van der Waals surface area contributed by atoms with Crippen molar-refractivity contribution in [1.82, 2.24) is 5.32 Å². The van der Waals surface area contributed by atoms with E-state index in [0.717, 1.165) is 22.6 Å². The molecule has 3 nitrogen and oxygen atoms in total. The van der Waals surface area contributed by atoms with Crippen LogP contribution in [0.4, 0.5) is 5.69 Å². The second kappa shape index (κ2) is 7.81. The van der Waals surface area contributed by atoms with Crippen LogP contribution < -0.4 is 10.6 Å². The van der Waals surface area contributed by atoms with Crippen molar-refractivity contribution >= 4 is 41.2 Å². The Hall–Kier alpha value is -1.85. The molecule has 124 valence electrons. The van der Waals surface area contributed by atoms with E-state index >= 15 is 0 Å². The quantitative estimate of drug-likeness (QED) is 0.608. The summed E-state index contributed by atoms with van der Waals surface area (Å²) in [5.74, 6) is -0.0309. The normalized spacial score (nSPS) is 18.7. The highest BCUT2D eigenvalue weighted by Crippen LogP contribution is 2.30. The van der Waals surface area contributed by atoms with Gasteiger partial charge < -0.3 is 10.6 Å². The molecule has 1 aliphatic heterocycles. The summed E-state index contributed by atoms with van der Waals surface area (Å²) < 4.78 is 0. The zero-order chi connectivity index (χ0) is 16.9. The minimum atomic E-state index is -0.137. The van der Waals surface area contributed by atoms with E-state index in [0.29, 0.717) is 0 Å². The average molecular weight is 357 g/mol. The van der Waals surface area contributed by atoms with Gasteiger partial charge in [0.25, 0.3) is 5.91 Å². The largest absolute Gasteiger partial charge is 0.357 e. The summed E-state index contributed by atoms with van der Waals surface area (Å²) in [6.45, 7) is 2.14. The molecule has 1 saturated heterocycles. The monoisotopic (exact) mass is 356 g/mol. The maximum absolute atomic E-state index is 12.2. The zero-order valence-corrected chi connectivity index (χ0v) is 15.3. The lowest BCUT2D eigenvalue weighted by molar-refractivity contribution is -0.116. The Bertz CT molecular complexity index is 739. The molecule has 24 heavy (non-hydrogen) atoms. The molecule has 0 bridgehead atoms. The number of carbonyl (C=O) groups excluding carboxylic acids is 1. The predicted molar refractivity (Wildman–Crippen MR) is 105 cm³/mol. The maximum Gasteiger partial charge on any atom is 0.260 e. The number of hydrogen-bond donors (Lipinski definition) is 2. The summed E-state index contributed by atoms with van der Waals surface area (Å²) >= 11 is 3.22. The van der Waals surface area contributed by atoms with Crippen LogP contribution >= 0.6 is 23.5 Å². The number of nitrogens with one attached hydrogen (secondary N) is 2. The molecule has 0 spiro atoms. The molecule has 1 amide bonds. The minimum absolute atomic E-state index is 0.0309. The van der Waals surface area contributed by atoms with Gasteiger partial charge in [0.1, 0.15) is 0 Å². The van der Waals surface area contributed by atoms with Crippen molar-refractivity contribution in [3.05, 3.63) is 64.6 Å². The highest BCUT2D eigenvalue weighted by atomic mass is 32.2. The van der Waals surface area contributed by atoms with E-state index in [1.807, 2.05) is 30.3 Å². The first kappa shape index (κ1) is 17.0. The van der Waals surface area contributed by atoms with Gasteiger partial charge in [0.15, 0.2) is 5.50 Å². The number of rotatable bonds is 5. The van der Waals surface area contributed by atoms with Crippen molar-refractivity contribution < 1.29 is 4.79 Å². The lowest BCUT2D eigenvalue weighted by Crippen LogP contribution is -2.30. The molecule has 3 rings (SSSR count). The maximum atomic E-state index is 12.2. The van der Waals surface area contributed by atoms with Gasteiger partial charge in [-0.3, -0.25) is 4.79 Å². The van der Waals surface area contributed by atoms with E-state index in [-0.39, 0.29) is 11.4 Å². The molecular weight excluding hydrogens is 336 g/mol. The summed E-state index contributed by atoms with van der Waals surface area (Å²) in [5, 5.41) is 6.31. The van der Waals surface area contributed by atoms with Crippen LogP contribution in [0.25, 0.3) is 6.08 Å². The van der Waals surface area contributed by atoms with Crippen molar-refractivity contribution in [1.29, 1.82) is 0 Å². The Balaban J connectivity index is 1.66. The second-order valence-corrected chi connectivity index (χ2v) is 7.47. The molecule has 2 aromatic carbocycles. The van der Waals surface area contributed by atoms with Crippen LogP contribution in [0.1, 0.15) is 18.1 Å². The molecule has 0 radical (unpaired) electrons. The summed E-state index contributed by atoms with van der Waals surface area (Å²) in [4.78, 5) is 14.1. The summed E-state index contributed by atoms with van der Waals surface area (Å²) in [5.41, 5.74) is 3.22. The fourth-order valence-electron chi connectivity index (χ4n) is 2.40. The van der Waals surface area contributed by atoms with Gasteiger partial charge in [0, 0.05) is 10.6 Å². The third kappa shape index (κ3) is 4.16. The third-order valence-electron chi connectivity index (χ3n) is 3.80. The number of carbonyl (C=O) groups is 1. The van der Waals surface area contributed by atoms with E-state index in [4.69, 9.17) is 0 Å². The molecule has 1 atom stereocenters. The van der Waals surface area contributed by atoms with Crippen molar-refractivity contribution in [3.63, 3.8) is 0 Å². The highest BCUT2D eigenvalue weighted by Gasteiger charge is 2.26. The standard InChI is InChI=1S/C19H20N2OS2/c1-3-13-4-8-15(9-5-13)20-19-21-18(22)17(24-19)12-14-6-10-16(23-2)11-7-14/h4-12,19-20H,3H2,1-2H3,(H,21,22)/b17-12-/t19-/m1/s1. The van der Waals surface area contributed by atoms with E-state index in [1.54, 1.807) is 11.8 Å². The van der Waals surface area contributed by atoms with Gasteiger partial charge in [-0.05, 0) is 54.1 Å². The zero-order valence-electron chi connectivity index (χ0n) is 13.7. The molecule has 1 heterocycles. The molecule has 5 heteroatoms. The lowest BCUT2D eigenvalue weighted by Gasteiger charge is -2.12. The molecule has 0 aliphatic carbocycles. The van der Waals surface area contributed by atoms with Gasteiger partial charge in [-0.2, -0.15) is 0 Å². The van der Waals surface area contributed by atoms with Crippen molar-refractivity contribution in [3.8, 4) is 0 Å². The lowest BCUT2D eigenvalue weighted by atomic mass is 10.1. The Labute approximate surface area is 151 Å². The molecular formula is C19H20N2OS2. The van der Waals surface area contributed by atoms with Crippen molar-refractivity contribution in [2.24, 2.45) is 0 Å². The Morgan fingerprint density at radius 1 is 1.17 bits per heavy atom. The number of anilines is 1. The Morgan fingerprint density at radius 3 is 2.50 bits per heavy atom. The van der Waals surface area contributed by atoms with Gasteiger partial charge >= 0.3 is 0 Å². The first-order valence-corrected chi connectivity index (χ1v) is 9.97. The fourth-order valence-corrected chi connectivity index (χ4v) is 3.80. The van der Waals surface area contributed by atoms with E-state index in [9.17, 15) is 4.79 Å². The number of benzene rings is 2. The van der Waals surface area contributed by atoms with Crippen LogP contribution in [0.5, 0.6) is 0 Å². The molecule has 2 N–H and O–H groups in total. The van der Waals surface area contributed by atoms with Crippen LogP contribution in [-0.4, -0.2) is 17.7 Å². The minimum Gasteiger partial charge on any atom is -0.357 e. The van der Waals surface area contributed by atoms with Crippen molar-refractivity contribution in [2.75, 3.05) is 11.6 Å². The second-order valence-electron chi connectivity index (χ2n) is 5.45. The van der Waals surface area contributed by atoms with Gasteiger partial charge in [-0.1, -0.05) is 43.0 Å². The Kier molecular flexibility index (Phi) is 5.53.